The molecule has 0 aliphatic carbocycles. The maximum absolute atomic E-state index is 10.7. The van der Waals surface area contributed by atoms with E-state index in [4.69, 9.17) is 0 Å². The van der Waals surface area contributed by atoms with Crippen molar-refractivity contribution in [1.29, 1.82) is 0 Å². The molecule has 0 aliphatic rings. The van der Waals surface area contributed by atoms with Crippen molar-refractivity contribution in [2.75, 3.05) is 0 Å². The molecule has 0 saturated heterocycles. The number of carbonyl (C=O) groups is 2. The van der Waals surface area contributed by atoms with Crippen molar-refractivity contribution in [2.45, 2.75) is 19.3 Å². The average molecular weight is 266 g/mol. The second-order valence-corrected chi connectivity index (χ2v) is 3.62. The second-order valence-electron chi connectivity index (χ2n) is 3.62. The summed E-state index contributed by atoms with van der Waals surface area (Å²) < 4.78 is 0. The molecule has 0 radical (unpaired) electrons. The van der Waals surface area contributed by atoms with E-state index in [2.05, 4.69) is 0 Å². The molecule has 0 unspecified atom stereocenters. The van der Waals surface area contributed by atoms with Gasteiger partial charge in [0.05, 0.1) is 0 Å². The molecule has 6 heteroatoms. The maximum atomic E-state index is 10.7. The molecule has 1 aromatic rings. The van der Waals surface area contributed by atoms with E-state index in [1.807, 2.05) is 30.3 Å². The fourth-order valence-electron chi connectivity index (χ4n) is 1.49. The zero-order valence-corrected chi connectivity index (χ0v) is 14.7. The first kappa shape index (κ1) is 20.5. The smallest absolute Gasteiger partial charge is 0.550 e. The van der Waals surface area contributed by atoms with Gasteiger partial charge in [-0.05, 0) is 24.8 Å². The first-order valence-electron chi connectivity index (χ1n) is 5.04. The van der Waals surface area contributed by atoms with Crippen LogP contribution in [0.3, 0.4) is 0 Å². The van der Waals surface area contributed by atoms with Gasteiger partial charge in [-0.25, -0.2) is 0 Å². The third-order valence-corrected chi connectivity index (χ3v) is 2.37. The van der Waals surface area contributed by atoms with Crippen LogP contribution in [0, 0.1) is 5.92 Å². The average Bonchev–Trinajstić information content (AvgIpc) is 2.25. The zero-order valence-electron chi connectivity index (χ0n) is 10.7. The molecule has 1 atom stereocenters. The minimum atomic E-state index is -1.36. The van der Waals surface area contributed by atoms with Gasteiger partial charge in [-0.1, -0.05) is 30.3 Å². The van der Waals surface area contributed by atoms with E-state index < -0.39 is 24.3 Å². The molecule has 86 valence electrons. The van der Waals surface area contributed by atoms with Crippen molar-refractivity contribution in [3.63, 3.8) is 0 Å². The van der Waals surface area contributed by atoms with Gasteiger partial charge in [0.1, 0.15) is 0 Å². The number of carboxylic acid groups (broad SMARTS) is 2. The fraction of sp³-hybridized carbons (Fsp3) is 0.333. The SMILES string of the molecule is O=C([O-])C[C@@H](CCc1ccccc1)C(=O)[O-].[Na+].[Na+]. The number of rotatable bonds is 6. The summed E-state index contributed by atoms with van der Waals surface area (Å²) >= 11 is 0. The van der Waals surface area contributed by atoms with Gasteiger partial charge in [-0.3, -0.25) is 0 Å². The van der Waals surface area contributed by atoms with Crippen LogP contribution in [-0.2, 0) is 16.0 Å². The summed E-state index contributed by atoms with van der Waals surface area (Å²) in [4.78, 5) is 21.0. The van der Waals surface area contributed by atoms with Crippen molar-refractivity contribution in [2.24, 2.45) is 5.92 Å². The van der Waals surface area contributed by atoms with Crippen LogP contribution < -0.4 is 69.3 Å². The molecular weight excluding hydrogens is 254 g/mol. The number of aliphatic carboxylic acids is 2. The van der Waals surface area contributed by atoms with Crippen LogP contribution in [0.4, 0.5) is 0 Å². The van der Waals surface area contributed by atoms with Gasteiger partial charge in [-0.15, -0.1) is 0 Å². The summed E-state index contributed by atoms with van der Waals surface area (Å²) in [6.45, 7) is 0. The Kier molecular flexibility index (Phi) is 12.5. The van der Waals surface area contributed by atoms with Crippen LogP contribution in [0.15, 0.2) is 30.3 Å². The van der Waals surface area contributed by atoms with E-state index in [0.29, 0.717) is 6.42 Å². The number of aryl methyl sites for hydroxylation is 1. The maximum Gasteiger partial charge on any atom is 1.00 e. The molecule has 1 rings (SSSR count). The van der Waals surface area contributed by atoms with Crippen molar-refractivity contribution >= 4 is 11.9 Å². The largest absolute Gasteiger partial charge is 1.00 e. The fourth-order valence-corrected chi connectivity index (χ4v) is 1.49. The normalized spacial score (nSPS) is 10.7. The van der Waals surface area contributed by atoms with E-state index in [-0.39, 0.29) is 65.5 Å². The van der Waals surface area contributed by atoms with Gasteiger partial charge in [0.15, 0.2) is 0 Å². The Balaban J connectivity index is 0. The molecule has 0 bridgehead atoms. The molecule has 18 heavy (non-hydrogen) atoms. The third-order valence-electron chi connectivity index (χ3n) is 2.37. The van der Waals surface area contributed by atoms with Gasteiger partial charge < -0.3 is 19.8 Å². The third kappa shape index (κ3) is 8.29. The zero-order chi connectivity index (χ0) is 12.0. The van der Waals surface area contributed by atoms with Crippen LogP contribution in [0.5, 0.6) is 0 Å². The monoisotopic (exact) mass is 266 g/mol. The molecule has 0 saturated carbocycles. The molecule has 0 aliphatic heterocycles. The van der Waals surface area contributed by atoms with Crippen molar-refractivity contribution in [1.82, 2.24) is 0 Å². The van der Waals surface area contributed by atoms with Crippen molar-refractivity contribution < 1.29 is 78.9 Å². The van der Waals surface area contributed by atoms with Gasteiger partial charge in [0, 0.05) is 17.9 Å². The molecule has 0 amide bonds. The molecule has 0 aromatic heterocycles. The van der Waals surface area contributed by atoms with Gasteiger partial charge in [0.2, 0.25) is 0 Å². The van der Waals surface area contributed by atoms with E-state index in [0.717, 1.165) is 5.56 Å². The first-order chi connectivity index (χ1) is 7.59. The van der Waals surface area contributed by atoms with Gasteiger partial charge >= 0.3 is 59.1 Å². The second kappa shape index (κ2) is 11.0. The van der Waals surface area contributed by atoms with Crippen LogP contribution in [0.1, 0.15) is 18.4 Å². The first-order valence-corrected chi connectivity index (χ1v) is 5.04. The van der Waals surface area contributed by atoms with Crippen LogP contribution >= 0.6 is 0 Å². The minimum Gasteiger partial charge on any atom is -0.550 e. The standard InChI is InChI=1S/C12H14O4.2Na/c13-11(14)8-10(12(15)16)7-6-9-4-2-1-3-5-9;;/h1-5,10H,6-8H2,(H,13,14)(H,15,16);;/q;2*+1/p-2/t10-;;/m1../s1. The number of hydrogen-bond acceptors (Lipinski definition) is 4. The number of hydrogen-bond donors (Lipinski definition) is 0. The van der Waals surface area contributed by atoms with Crippen LogP contribution in [-0.4, -0.2) is 11.9 Å². The van der Waals surface area contributed by atoms with Gasteiger partial charge in [-0.2, -0.15) is 0 Å². The van der Waals surface area contributed by atoms with E-state index in [1.54, 1.807) is 0 Å². The van der Waals surface area contributed by atoms with Gasteiger partial charge in [0.25, 0.3) is 0 Å². The van der Waals surface area contributed by atoms with E-state index >= 15 is 0 Å². The Labute approximate surface area is 150 Å². The summed E-state index contributed by atoms with van der Waals surface area (Å²) in [5.74, 6) is -3.67. The molecular formula is C12H12Na2O4. The summed E-state index contributed by atoms with van der Waals surface area (Å²) in [5.41, 5.74) is 0.979. The molecule has 1 aromatic carbocycles. The predicted molar refractivity (Wildman–Crippen MR) is 52.9 cm³/mol. The van der Waals surface area contributed by atoms with Crippen LogP contribution in [0.2, 0.25) is 0 Å². The summed E-state index contributed by atoms with van der Waals surface area (Å²) in [7, 11) is 0. The number of benzene rings is 1. The Morgan fingerprint density at radius 2 is 1.61 bits per heavy atom. The molecule has 0 fully saturated rings. The number of carbonyl (C=O) groups excluding carboxylic acids is 2. The molecule has 0 heterocycles. The van der Waals surface area contributed by atoms with Crippen LogP contribution in [0.25, 0.3) is 0 Å². The molecule has 0 spiro atoms. The van der Waals surface area contributed by atoms with Crippen molar-refractivity contribution in [3.8, 4) is 0 Å². The Hall–Kier alpha value is 0.160. The predicted octanol–water partition coefficient (Wildman–Crippen LogP) is -6.87. The quantitative estimate of drug-likeness (QED) is 0.479. The summed E-state index contributed by atoms with van der Waals surface area (Å²) in [6, 6.07) is 9.29. The Morgan fingerprint density at radius 3 is 2.06 bits per heavy atom. The Bertz CT molecular complexity index is 368. The van der Waals surface area contributed by atoms with E-state index in [1.165, 1.54) is 0 Å². The van der Waals surface area contributed by atoms with E-state index in [9.17, 15) is 19.8 Å². The summed E-state index contributed by atoms with van der Waals surface area (Å²) in [5, 5.41) is 21.0. The topological polar surface area (TPSA) is 80.3 Å². The molecule has 0 N–H and O–H groups in total. The Morgan fingerprint density at radius 1 is 1.06 bits per heavy atom. The minimum absolute atomic E-state index is 0. The molecule has 4 nitrogen and oxygen atoms in total. The summed E-state index contributed by atoms with van der Waals surface area (Å²) in [6.07, 6.45) is 0.280. The number of carboxylic acids is 2. The van der Waals surface area contributed by atoms with Crippen molar-refractivity contribution in [3.05, 3.63) is 35.9 Å².